The second-order valence-corrected chi connectivity index (χ2v) is 3.73. The van der Waals surface area contributed by atoms with Gasteiger partial charge in [-0.3, -0.25) is 4.84 Å². The highest BCUT2D eigenvalue weighted by Gasteiger charge is 2.03. The predicted molar refractivity (Wildman–Crippen MR) is 59.7 cm³/mol. The Labute approximate surface area is 90.8 Å². The molecule has 0 rings (SSSR count). The van der Waals surface area contributed by atoms with Crippen LogP contribution in [0, 0.1) is 0 Å². The molecule has 0 bridgehead atoms. The summed E-state index contributed by atoms with van der Waals surface area (Å²) in [6.45, 7) is 3.68. The first-order valence-electron chi connectivity index (χ1n) is 4.69. The van der Waals surface area contributed by atoms with E-state index in [2.05, 4.69) is 6.26 Å². The molecule has 0 spiro atoms. The van der Waals surface area contributed by atoms with Crippen molar-refractivity contribution in [3.8, 4) is 0 Å². The maximum Gasteiger partial charge on any atom is 0.0775 e. The average Bonchev–Trinajstić information content (AvgIpc) is 2.21. The standard InChI is InChI=1S/C9H21NO3S/c1-11-6-4-10(5-7-12-2)13-8-9-14-3/h4-9H2,1-3H3. The Balaban J connectivity index is 3.49. The van der Waals surface area contributed by atoms with Crippen LogP contribution in [0.1, 0.15) is 0 Å². The molecule has 14 heavy (non-hydrogen) atoms. The van der Waals surface area contributed by atoms with Crippen molar-refractivity contribution < 1.29 is 14.3 Å². The molecule has 0 aromatic carbocycles. The van der Waals surface area contributed by atoms with E-state index in [1.807, 2.05) is 5.06 Å². The van der Waals surface area contributed by atoms with E-state index in [1.54, 1.807) is 26.0 Å². The van der Waals surface area contributed by atoms with Gasteiger partial charge in [0.25, 0.3) is 0 Å². The van der Waals surface area contributed by atoms with Gasteiger partial charge >= 0.3 is 0 Å². The van der Waals surface area contributed by atoms with E-state index >= 15 is 0 Å². The molecular formula is C9H21NO3S. The molecule has 86 valence electrons. The molecule has 0 unspecified atom stereocenters. The predicted octanol–water partition coefficient (Wildman–Crippen LogP) is 0.876. The molecule has 0 atom stereocenters. The van der Waals surface area contributed by atoms with Gasteiger partial charge < -0.3 is 9.47 Å². The lowest BCUT2D eigenvalue weighted by Gasteiger charge is -2.20. The lowest BCUT2D eigenvalue weighted by atomic mass is 10.6. The summed E-state index contributed by atoms with van der Waals surface area (Å²) in [6, 6.07) is 0. The Hall–Kier alpha value is 0.190. The van der Waals surface area contributed by atoms with Gasteiger partial charge in [0.05, 0.1) is 19.8 Å². The molecular weight excluding hydrogens is 202 g/mol. The van der Waals surface area contributed by atoms with Crippen LogP contribution in [0.4, 0.5) is 0 Å². The fraction of sp³-hybridized carbons (Fsp3) is 1.00. The smallest absolute Gasteiger partial charge is 0.0775 e. The van der Waals surface area contributed by atoms with Gasteiger partial charge in [0, 0.05) is 33.1 Å². The summed E-state index contributed by atoms with van der Waals surface area (Å²) in [6.07, 6.45) is 2.07. The molecule has 0 amide bonds. The molecule has 0 aliphatic carbocycles. The third-order valence-corrected chi connectivity index (χ3v) is 2.23. The number of nitrogens with zero attached hydrogens (tertiary/aromatic N) is 1. The fourth-order valence-electron chi connectivity index (χ4n) is 0.877. The van der Waals surface area contributed by atoms with Crippen LogP contribution in [-0.4, -0.2) is 64.2 Å². The molecule has 0 saturated heterocycles. The van der Waals surface area contributed by atoms with Crippen LogP contribution >= 0.6 is 11.8 Å². The molecule has 0 aliphatic rings. The number of hydrogen-bond acceptors (Lipinski definition) is 5. The zero-order valence-corrected chi connectivity index (χ0v) is 10.1. The Morgan fingerprint density at radius 1 is 1.00 bits per heavy atom. The van der Waals surface area contributed by atoms with E-state index in [0.29, 0.717) is 13.2 Å². The summed E-state index contributed by atoms with van der Waals surface area (Å²) < 4.78 is 9.98. The van der Waals surface area contributed by atoms with Crippen LogP contribution in [0.3, 0.4) is 0 Å². The Morgan fingerprint density at radius 3 is 2.00 bits per heavy atom. The lowest BCUT2D eigenvalue weighted by Crippen LogP contribution is -2.31. The lowest BCUT2D eigenvalue weighted by molar-refractivity contribution is -0.166. The highest BCUT2D eigenvalue weighted by atomic mass is 32.2. The maximum atomic E-state index is 5.54. The monoisotopic (exact) mass is 223 g/mol. The van der Waals surface area contributed by atoms with E-state index in [0.717, 1.165) is 25.4 Å². The number of hydroxylamine groups is 2. The van der Waals surface area contributed by atoms with Crippen molar-refractivity contribution in [1.29, 1.82) is 0 Å². The van der Waals surface area contributed by atoms with Gasteiger partial charge in [0.15, 0.2) is 0 Å². The van der Waals surface area contributed by atoms with Crippen LogP contribution in [0.25, 0.3) is 0 Å². The van der Waals surface area contributed by atoms with E-state index in [-0.39, 0.29) is 0 Å². The van der Waals surface area contributed by atoms with Gasteiger partial charge in [-0.15, -0.1) is 0 Å². The zero-order chi connectivity index (χ0) is 10.6. The molecule has 4 nitrogen and oxygen atoms in total. The van der Waals surface area contributed by atoms with Crippen molar-refractivity contribution in [2.75, 3.05) is 59.1 Å². The number of methoxy groups -OCH3 is 2. The molecule has 0 N–H and O–H groups in total. The molecule has 0 aliphatic heterocycles. The first-order valence-corrected chi connectivity index (χ1v) is 6.09. The van der Waals surface area contributed by atoms with Crippen molar-refractivity contribution >= 4 is 11.8 Å². The second kappa shape index (κ2) is 11.3. The first-order chi connectivity index (χ1) is 6.85. The molecule has 0 fully saturated rings. The minimum absolute atomic E-state index is 0.684. The maximum absolute atomic E-state index is 5.54. The van der Waals surface area contributed by atoms with E-state index in [9.17, 15) is 0 Å². The fourth-order valence-corrected chi connectivity index (χ4v) is 1.12. The first kappa shape index (κ1) is 14.2. The van der Waals surface area contributed by atoms with Crippen LogP contribution < -0.4 is 0 Å². The number of hydrogen-bond donors (Lipinski definition) is 0. The van der Waals surface area contributed by atoms with E-state index in [4.69, 9.17) is 14.3 Å². The van der Waals surface area contributed by atoms with Gasteiger partial charge in [0.1, 0.15) is 0 Å². The van der Waals surface area contributed by atoms with Crippen LogP contribution in [0.2, 0.25) is 0 Å². The molecule has 5 heteroatoms. The van der Waals surface area contributed by atoms with Gasteiger partial charge in [-0.05, 0) is 6.26 Å². The van der Waals surface area contributed by atoms with Crippen molar-refractivity contribution in [3.63, 3.8) is 0 Å². The Bertz CT molecular complexity index is 108. The highest BCUT2D eigenvalue weighted by molar-refractivity contribution is 7.98. The third kappa shape index (κ3) is 8.77. The highest BCUT2D eigenvalue weighted by Crippen LogP contribution is 1.95. The quantitative estimate of drug-likeness (QED) is 0.405. The topological polar surface area (TPSA) is 30.9 Å². The molecule has 0 saturated carbocycles. The Morgan fingerprint density at radius 2 is 1.57 bits per heavy atom. The SMILES string of the molecule is COCCN(CCOC)OCCSC. The van der Waals surface area contributed by atoms with Gasteiger partial charge in [-0.1, -0.05) is 0 Å². The van der Waals surface area contributed by atoms with Gasteiger partial charge in [-0.25, -0.2) is 0 Å². The van der Waals surface area contributed by atoms with Gasteiger partial charge in [-0.2, -0.15) is 16.8 Å². The summed E-state index contributed by atoms with van der Waals surface area (Å²) >= 11 is 1.78. The Kier molecular flexibility index (Phi) is 11.4. The summed E-state index contributed by atoms with van der Waals surface area (Å²) in [5, 5.41) is 1.89. The number of ether oxygens (including phenoxy) is 2. The summed E-state index contributed by atoms with van der Waals surface area (Å²) in [7, 11) is 3.38. The molecule has 0 aromatic rings. The van der Waals surface area contributed by atoms with Crippen molar-refractivity contribution in [3.05, 3.63) is 0 Å². The largest absolute Gasteiger partial charge is 0.383 e. The molecule has 0 heterocycles. The minimum atomic E-state index is 0.684. The molecule has 0 radical (unpaired) electrons. The normalized spacial score (nSPS) is 11.1. The number of rotatable bonds is 10. The number of thioether (sulfide) groups is 1. The summed E-state index contributed by atoms with van der Waals surface area (Å²) in [5.74, 6) is 1.01. The zero-order valence-electron chi connectivity index (χ0n) is 9.32. The third-order valence-electron chi connectivity index (χ3n) is 1.65. The van der Waals surface area contributed by atoms with Crippen LogP contribution in [0.5, 0.6) is 0 Å². The minimum Gasteiger partial charge on any atom is -0.383 e. The summed E-state index contributed by atoms with van der Waals surface area (Å²) in [4.78, 5) is 5.54. The van der Waals surface area contributed by atoms with Crippen molar-refractivity contribution in [1.82, 2.24) is 5.06 Å². The van der Waals surface area contributed by atoms with E-state index < -0.39 is 0 Å². The average molecular weight is 223 g/mol. The van der Waals surface area contributed by atoms with Gasteiger partial charge in [0.2, 0.25) is 0 Å². The van der Waals surface area contributed by atoms with Crippen LogP contribution in [0.15, 0.2) is 0 Å². The molecule has 0 aromatic heterocycles. The summed E-state index contributed by atoms with van der Waals surface area (Å²) in [5.41, 5.74) is 0. The van der Waals surface area contributed by atoms with Crippen molar-refractivity contribution in [2.24, 2.45) is 0 Å². The van der Waals surface area contributed by atoms with Crippen LogP contribution in [-0.2, 0) is 14.3 Å². The van der Waals surface area contributed by atoms with E-state index in [1.165, 1.54) is 0 Å². The second-order valence-electron chi connectivity index (χ2n) is 2.74. The van der Waals surface area contributed by atoms with Crippen molar-refractivity contribution in [2.45, 2.75) is 0 Å².